The van der Waals surface area contributed by atoms with Crippen LogP contribution >= 0.6 is 15.9 Å². The highest BCUT2D eigenvalue weighted by atomic mass is 79.9. The third kappa shape index (κ3) is 6.84. The summed E-state index contributed by atoms with van der Waals surface area (Å²) in [5.41, 5.74) is -3.64. The minimum absolute atomic E-state index is 0.144. The van der Waals surface area contributed by atoms with Gasteiger partial charge in [0.2, 0.25) is 0 Å². The standard InChI is InChI=1S/C10H11F3O3S.C9H11Br/c1-7(2)8-5-3-4-6-9(8)16-17(14,15)10(11,12)13;1-7(2)8-5-3-4-6-9(8)10/h3-7H,1-2H3;3-7H,1-2H3. The van der Waals surface area contributed by atoms with E-state index in [1.807, 2.05) is 6.07 Å². The van der Waals surface area contributed by atoms with Gasteiger partial charge in [0.05, 0.1) is 0 Å². The first-order chi connectivity index (χ1) is 12.4. The van der Waals surface area contributed by atoms with E-state index in [-0.39, 0.29) is 11.7 Å². The van der Waals surface area contributed by atoms with Gasteiger partial charge < -0.3 is 4.18 Å². The summed E-state index contributed by atoms with van der Waals surface area (Å²) in [5, 5.41) is 0. The molecule has 0 aliphatic heterocycles. The van der Waals surface area contributed by atoms with E-state index in [4.69, 9.17) is 0 Å². The van der Waals surface area contributed by atoms with Crippen molar-refractivity contribution in [3.05, 3.63) is 64.1 Å². The molecule has 150 valence electrons. The highest BCUT2D eigenvalue weighted by molar-refractivity contribution is 9.10. The molecule has 0 fully saturated rings. The van der Waals surface area contributed by atoms with Crippen LogP contribution in [-0.2, 0) is 10.1 Å². The van der Waals surface area contributed by atoms with Crippen molar-refractivity contribution in [2.75, 3.05) is 0 Å². The van der Waals surface area contributed by atoms with Crippen molar-refractivity contribution < 1.29 is 25.8 Å². The van der Waals surface area contributed by atoms with E-state index < -0.39 is 15.6 Å². The lowest BCUT2D eigenvalue weighted by Gasteiger charge is -2.14. The zero-order valence-electron chi connectivity index (χ0n) is 15.4. The van der Waals surface area contributed by atoms with Gasteiger partial charge in [-0.2, -0.15) is 21.6 Å². The Morgan fingerprint density at radius 2 is 1.30 bits per heavy atom. The number of benzene rings is 2. The van der Waals surface area contributed by atoms with Crippen LogP contribution in [0, 0.1) is 0 Å². The Morgan fingerprint density at radius 3 is 1.70 bits per heavy atom. The van der Waals surface area contributed by atoms with Crippen molar-refractivity contribution in [1.82, 2.24) is 0 Å². The van der Waals surface area contributed by atoms with Crippen molar-refractivity contribution in [2.45, 2.75) is 45.0 Å². The largest absolute Gasteiger partial charge is 0.534 e. The third-order valence-electron chi connectivity index (χ3n) is 3.55. The second-order valence-corrected chi connectivity index (χ2v) is 8.74. The molecule has 27 heavy (non-hydrogen) atoms. The summed E-state index contributed by atoms with van der Waals surface area (Å²) in [6.07, 6.45) is 0. The Kier molecular flexibility index (Phi) is 8.35. The molecule has 0 amide bonds. The van der Waals surface area contributed by atoms with E-state index in [1.54, 1.807) is 19.9 Å². The van der Waals surface area contributed by atoms with E-state index in [1.165, 1.54) is 28.2 Å². The summed E-state index contributed by atoms with van der Waals surface area (Å²) >= 11 is 3.50. The van der Waals surface area contributed by atoms with Crippen LogP contribution in [0.3, 0.4) is 0 Å². The maximum absolute atomic E-state index is 12.1. The van der Waals surface area contributed by atoms with Gasteiger partial charge in [0.1, 0.15) is 5.75 Å². The SMILES string of the molecule is CC(C)c1ccccc1Br.CC(C)c1ccccc1OS(=O)(=O)C(F)(F)F. The second kappa shape index (κ2) is 9.59. The normalized spacial score (nSPS) is 11.9. The first-order valence-electron chi connectivity index (χ1n) is 8.21. The molecule has 0 spiro atoms. The average molecular weight is 467 g/mol. The minimum atomic E-state index is -5.61. The van der Waals surface area contributed by atoms with Crippen molar-refractivity contribution >= 4 is 26.0 Å². The van der Waals surface area contributed by atoms with Crippen molar-refractivity contribution in [3.8, 4) is 5.75 Å². The van der Waals surface area contributed by atoms with Gasteiger partial charge >= 0.3 is 15.6 Å². The lowest BCUT2D eigenvalue weighted by Crippen LogP contribution is -2.28. The maximum Gasteiger partial charge on any atom is 0.534 e. The van der Waals surface area contributed by atoms with Gasteiger partial charge in [-0.25, -0.2) is 0 Å². The number of hydrogen-bond acceptors (Lipinski definition) is 3. The van der Waals surface area contributed by atoms with Crippen LogP contribution in [0.15, 0.2) is 53.0 Å². The van der Waals surface area contributed by atoms with Gasteiger partial charge in [-0.1, -0.05) is 80.0 Å². The molecule has 0 aliphatic carbocycles. The predicted molar refractivity (Wildman–Crippen MR) is 104 cm³/mol. The van der Waals surface area contributed by atoms with Crippen LogP contribution in [0.2, 0.25) is 0 Å². The van der Waals surface area contributed by atoms with Crippen molar-refractivity contribution in [1.29, 1.82) is 0 Å². The minimum Gasteiger partial charge on any atom is -0.376 e. The van der Waals surface area contributed by atoms with Crippen molar-refractivity contribution in [2.24, 2.45) is 0 Å². The highest BCUT2D eigenvalue weighted by Crippen LogP contribution is 2.31. The molecule has 0 aliphatic rings. The van der Waals surface area contributed by atoms with Crippen LogP contribution in [0.5, 0.6) is 5.75 Å². The number of halogens is 4. The third-order valence-corrected chi connectivity index (χ3v) is 5.24. The number of hydrogen-bond donors (Lipinski definition) is 0. The summed E-state index contributed by atoms with van der Waals surface area (Å²) in [5.74, 6) is 0.171. The lowest BCUT2D eigenvalue weighted by molar-refractivity contribution is -0.0500. The molecule has 0 bridgehead atoms. The summed E-state index contributed by atoms with van der Waals surface area (Å²) < 4.78 is 63.4. The molecule has 0 unspecified atom stereocenters. The Labute approximate surface area is 166 Å². The van der Waals surface area contributed by atoms with E-state index in [0.717, 1.165) is 0 Å². The number of rotatable bonds is 4. The molecule has 0 saturated carbocycles. The van der Waals surface area contributed by atoms with Crippen LogP contribution in [0.4, 0.5) is 13.2 Å². The first kappa shape index (κ1) is 23.5. The summed E-state index contributed by atoms with van der Waals surface area (Å²) in [7, 11) is -5.61. The zero-order valence-corrected chi connectivity index (χ0v) is 17.8. The summed E-state index contributed by atoms with van der Waals surface area (Å²) in [4.78, 5) is 0. The van der Waals surface area contributed by atoms with Crippen LogP contribution < -0.4 is 4.18 Å². The van der Waals surface area contributed by atoms with Crippen LogP contribution in [-0.4, -0.2) is 13.9 Å². The van der Waals surface area contributed by atoms with Gasteiger partial charge in [-0.05, 0) is 35.1 Å². The number of alkyl halides is 3. The Hall–Kier alpha value is -1.54. The summed E-state index contributed by atoms with van der Waals surface area (Å²) in [6, 6.07) is 14.1. The topological polar surface area (TPSA) is 43.4 Å². The Balaban J connectivity index is 0.000000309. The molecule has 0 aromatic heterocycles. The fourth-order valence-electron chi connectivity index (χ4n) is 2.14. The van der Waals surface area contributed by atoms with Gasteiger partial charge in [-0.3, -0.25) is 0 Å². The molecule has 0 heterocycles. The van der Waals surface area contributed by atoms with Gasteiger partial charge in [0, 0.05) is 4.47 Å². The first-order valence-corrected chi connectivity index (χ1v) is 10.4. The lowest BCUT2D eigenvalue weighted by atomic mass is 10.0. The van der Waals surface area contributed by atoms with E-state index in [2.05, 4.69) is 52.2 Å². The molecule has 0 atom stereocenters. The predicted octanol–water partition coefficient (Wildman–Crippen LogP) is 6.61. The highest BCUT2D eigenvalue weighted by Gasteiger charge is 2.48. The second-order valence-electron chi connectivity index (χ2n) is 6.35. The molecular weight excluding hydrogens is 445 g/mol. The fourth-order valence-corrected chi connectivity index (χ4v) is 3.37. The van der Waals surface area contributed by atoms with Gasteiger partial charge in [-0.15, -0.1) is 0 Å². The van der Waals surface area contributed by atoms with Crippen molar-refractivity contribution in [3.63, 3.8) is 0 Å². The van der Waals surface area contributed by atoms with E-state index >= 15 is 0 Å². The quantitative estimate of drug-likeness (QED) is 0.375. The molecule has 2 rings (SSSR count). The molecule has 3 nitrogen and oxygen atoms in total. The zero-order chi connectivity index (χ0) is 20.8. The Bertz CT molecular complexity index is 847. The van der Waals surface area contributed by atoms with E-state index in [9.17, 15) is 21.6 Å². The summed E-state index contributed by atoms with van der Waals surface area (Å²) in [6.45, 7) is 7.84. The smallest absolute Gasteiger partial charge is 0.376 e. The van der Waals surface area contributed by atoms with Gasteiger partial charge in [0.25, 0.3) is 0 Å². The molecule has 8 heteroatoms. The monoisotopic (exact) mass is 466 g/mol. The molecule has 0 radical (unpaired) electrons. The molecular formula is C19H22BrF3O3S. The maximum atomic E-state index is 12.1. The van der Waals surface area contributed by atoms with Crippen LogP contribution in [0.25, 0.3) is 0 Å². The fraction of sp³-hybridized carbons (Fsp3) is 0.368. The molecule has 0 saturated heterocycles. The number of para-hydroxylation sites is 1. The van der Waals surface area contributed by atoms with Gasteiger partial charge in [0.15, 0.2) is 0 Å². The van der Waals surface area contributed by atoms with Crippen LogP contribution in [0.1, 0.15) is 50.7 Å². The molecule has 2 aromatic rings. The Morgan fingerprint density at radius 1 is 0.852 bits per heavy atom. The van der Waals surface area contributed by atoms with E-state index in [0.29, 0.717) is 11.5 Å². The molecule has 2 aromatic carbocycles. The average Bonchev–Trinajstić information content (AvgIpc) is 2.54. The molecule has 0 N–H and O–H groups in total.